The Bertz CT molecular complexity index is 708. The maximum atomic E-state index is 12.8. The Kier molecular flexibility index (Phi) is 3.87. The van der Waals surface area contributed by atoms with E-state index in [1.165, 1.54) is 0 Å². The smallest absolute Gasteiger partial charge is 0.312 e. The lowest BCUT2D eigenvalue weighted by atomic mass is 9.48. The minimum absolute atomic E-state index is 0.00319. The van der Waals surface area contributed by atoms with Crippen molar-refractivity contribution in [3.05, 3.63) is 34.9 Å². The summed E-state index contributed by atoms with van der Waals surface area (Å²) in [5.41, 5.74) is 1.12. The van der Waals surface area contributed by atoms with Crippen LogP contribution in [0.3, 0.4) is 0 Å². The summed E-state index contributed by atoms with van der Waals surface area (Å²) in [6, 6.07) is 6.04. The van der Waals surface area contributed by atoms with E-state index in [-0.39, 0.29) is 12.2 Å². The third-order valence-corrected chi connectivity index (χ3v) is 6.60. The first-order valence-electron chi connectivity index (χ1n) is 8.71. The van der Waals surface area contributed by atoms with Crippen LogP contribution in [0.1, 0.15) is 74.4 Å². The predicted octanol–water partition coefficient (Wildman–Crippen LogP) is 3.52. The minimum atomic E-state index is -1.29. The van der Waals surface area contributed by atoms with Gasteiger partial charge in [0.1, 0.15) is 0 Å². The molecule has 24 heavy (non-hydrogen) atoms. The van der Waals surface area contributed by atoms with Crippen molar-refractivity contribution in [2.45, 2.75) is 64.4 Å². The Balaban J connectivity index is 2.18. The van der Waals surface area contributed by atoms with Gasteiger partial charge >= 0.3 is 5.97 Å². The molecule has 0 radical (unpaired) electrons. The fourth-order valence-electron chi connectivity index (χ4n) is 4.80. The van der Waals surface area contributed by atoms with Crippen molar-refractivity contribution in [2.24, 2.45) is 11.3 Å². The molecular weight excluding hydrogens is 304 g/mol. The van der Waals surface area contributed by atoms with Crippen LogP contribution in [-0.2, 0) is 10.2 Å². The maximum absolute atomic E-state index is 12.8. The number of aliphatic carboxylic acids is 1. The van der Waals surface area contributed by atoms with Crippen molar-refractivity contribution in [3.63, 3.8) is 0 Å². The van der Waals surface area contributed by atoms with Gasteiger partial charge in [0, 0.05) is 12.0 Å². The van der Waals surface area contributed by atoms with Gasteiger partial charge in [-0.2, -0.15) is 0 Å². The normalized spacial score (nSPS) is 35.5. The van der Waals surface area contributed by atoms with Gasteiger partial charge in [-0.1, -0.05) is 32.9 Å². The number of carbonyl (C=O) groups excluding carboxylic acids is 1. The van der Waals surface area contributed by atoms with E-state index in [0.29, 0.717) is 18.8 Å². The lowest BCUT2D eigenvalue weighted by molar-refractivity contribution is -0.170. The van der Waals surface area contributed by atoms with Gasteiger partial charge in [0.25, 0.3) is 0 Å². The second-order valence-corrected chi connectivity index (χ2v) is 8.20. The van der Waals surface area contributed by atoms with E-state index in [2.05, 4.69) is 20.8 Å². The molecule has 0 bridgehead atoms. The zero-order valence-corrected chi connectivity index (χ0v) is 14.8. The minimum Gasteiger partial charge on any atom is -0.481 e. The van der Waals surface area contributed by atoms with Crippen LogP contribution in [0.4, 0.5) is 0 Å². The molecule has 0 spiro atoms. The Morgan fingerprint density at radius 1 is 1.29 bits per heavy atom. The highest BCUT2D eigenvalue weighted by atomic mass is 16.4. The number of hydrogen-bond donors (Lipinski definition) is 2. The topological polar surface area (TPSA) is 74.6 Å². The van der Waals surface area contributed by atoms with E-state index in [1.807, 2.05) is 18.2 Å². The van der Waals surface area contributed by atoms with Gasteiger partial charge in [0.05, 0.1) is 11.5 Å². The molecule has 1 fully saturated rings. The first kappa shape index (κ1) is 17.2. The lowest BCUT2D eigenvalue weighted by Crippen LogP contribution is -2.59. The molecule has 0 aromatic heterocycles. The Morgan fingerprint density at radius 2 is 1.96 bits per heavy atom. The number of Topliss-reactive ketones (excluding diaryl/α,β-unsaturated/α-hetero) is 1. The lowest BCUT2D eigenvalue weighted by Gasteiger charge is -2.54. The largest absolute Gasteiger partial charge is 0.481 e. The first-order chi connectivity index (χ1) is 11.1. The van der Waals surface area contributed by atoms with Gasteiger partial charge in [-0.3, -0.25) is 9.59 Å². The number of rotatable bonds is 2. The molecule has 2 N–H and O–H groups in total. The Labute approximate surface area is 142 Å². The fraction of sp³-hybridized carbons (Fsp3) is 0.600. The molecule has 0 aliphatic heterocycles. The van der Waals surface area contributed by atoms with Crippen LogP contribution in [0.5, 0.6) is 0 Å². The van der Waals surface area contributed by atoms with Gasteiger partial charge in [-0.15, -0.1) is 0 Å². The summed E-state index contributed by atoms with van der Waals surface area (Å²) in [7, 11) is 0. The molecule has 0 amide bonds. The molecule has 4 heteroatoms. The molecule has 4 nitrogen and oxygen atoms in total. The number of carboxylic acids is 1. The van der Waals surface area contributed by atoms with Crippen molar-refractivity contribution in [1.29, 1.82) is 0 Å². The summed E-state index contributed by atoms with van der Waals surface area (Å²) in [4.78, 5) is 24.8. The van der Waals surface area contributed by atoms with Crippen molar-refractivity contribution in [2.75, 3.05) is 0 Å². The highest BCUT2D eigenvalue weighted by Gasteiger charge is 2.60. The second-order valence-electron chi connectivity index (χ2n) is 8.20. The average Bonchev–Trinajstić information content (AvgIpc) is 2.53. The summed E-state index contributed by atoms with van der Waals surface area (Å²) in [5, 5.41) is 20.2. The van der Waals surface area contributed by atoms with Crippen LogP contribution in [0.15, 0.2) is 18.2 Å². The summed E-state index contributed by atoms with van der Waals surface area (Å²) in [6.07, 6.45) is 0.404. The standard InChI is InChI=1S/C20H26O4/c1-11(2)12-5-6-14-13(9-12)15(21)10-16-19(14,3)8-7-17(22)20(16,4)18(23)24/h5-6,9,11,16-17,22H,7-8,10H2,1-4H3,(H,23,24). The van der Waals surface area contributed by atoms with E-state index < -0.39 is 28.8 Å². The van der Waals surface area contributed by atoms with Crippen LogP contribution in [-0.4, -0.2) is 28.1 Å². The average molecular weight is 330 g/mol. The van der Waals surface area contributed by atoms with Crippen LogP contribution in [0.25, 0.3) is 0 Å². The zero-order valence-electron chi connectivity index (χ0n) is 14.8. The number of fused-ring (bicyclic) bond motifs is 3. The van der Waals surface area contributed by atoms with Crippen molar-refractivity contribution in [1.82, 2.24) is 0 Å². The van der Waals surface area contributed by atoms with Gasteiger partial charge in [-0.25, -0.2) is 0 Å². The molecule has 2 aliphatic rings. The Morgan fingerprint density at radius 3 is 2.54 bits per heavy atom. The van der Waals surface area contributed by atoms with E-state index in [1.54, 1.807) is 6.92 Å². The molecule has 1 aromatic carbocycles. The number of carboxylic acid groups (broad SMARTS) is 1. The molecule has 130 valence electrons. The fourth-order valence-corrected chi connectivity index (χ4v) is 4.80. The van der Waals surface area contributed by atoms with Crippen LogP contribution in [0.2, 0.25) is 0 Å². The second kappa shape index (κ2) is 5.41. The number of hydrogen-bond acceptors (Lipinski definition) is 3. The quantitative estimate of drug-likeness (QED) is 0.870. The molecule has 4 unspecified atom stereocenters. The van der Waals surface area contributed by atoms with Crippen molar-refractivity contribution < 1.29 is 19.8 Å². The monoisotopic (exact) mass is 330 g/mol. The summed E-state index contributed by atoms with van der Waals surface area (Å²) in [5.74, 6) is -1.07. The third kappa shape index (κ3) is 2.16. The van der Waals surface area contributed by atoms with Gasteiger partial charge in [0.15, 0.2) is 5.78 Å². The summed E-state index contributed by atoms with van der Waals surface area (Å²) < 4.78 is 0. The van der Waals surface area contributed by atoms with Gasteiger partial charge in [0.2, 0.25) is 0 Å². The van der Waals surface area contributed by atoms with Crippen LogP contribution in [0, 0.1) is 11.3 Å². The van der Waals surface area contributed by atoms with E-state index >= 15 is 0 Å². The highest BCUT2D eigenvalue weighted by Crippen LogP contribution is 2.57. The SMILES string of the molecule is CC(C)c1ccc2c(c1)C(=O)CC1C2(C)CCC(O)C1(C)C(=O)O. The molecule has 1 aromatic rings. The summed E-state index contributed by atoms with van der Waals surface area (Å²) in [6.45, 7) is 7.85. The van der Waals surface area contributed by atoms with E-state index in [0.717, 1.165) is 16.7 Å². The van der Waals surface area contributed by atoms with Crippen LogP contribution < -0.4 is 0 Å². The third-order valence-electron chi connectivity index (χ3n) is 6.60. The van der Waals surface area contributed by atoms with Crippen molar-refractivity contribution >= 4 is 11.8 Å². The molecule has 2 aliphatic carbocycles. The Hall–Kier alpha value is -1.68. The highest BCUT2D eigenvalue weighted by molar-refractivity contribution is 6.00. The molecule has 0 heterocycles. The van der Waals surface area contributed by atoms with Gasteiger partial charge < -0.3 is 10.2 Å². The number of aliphatic hydroxyl groups excluding tert-OH is 1. The van der Waals surface area contributed by atoms with Crippen LogP contribution >= 0.6 is 0 Å². The van der Waals surface area contributed by atoms with Gasteiger partial charge in [-0.05, 0) is 54.2 Å². The number of benzene rings is 1. The number of ketones is 1. The molecule has 4 atom stereocenters. The molecular formula is C20H26O4. The predicted molar refractivity (Wildman–Crippen MR) is 91.3 cm³/mol. The molecule has 1 saturated carbocycles. The van der Waals surface area contributed by atoms with E-state index in [9.17, 15) is 19.8 Å². The number of carbonyl (C=O) groups is 2. The zero-order chi connectivity index (χ0) is 17.9. The first-order valence-corrected chi connectivity index (χ1v) is 8.71. The molecule has 0 saturated heterocycles. The van der Waals surface area contributed by atoms with Crippen molar-refractivity contribution in [3.8, 4) is 0 Å². The van der Waals surface area contributed by atoms with E-state index in [4.69, 9.17) is 0 Å². The number of aliphatic hydroxyl groups is 1. The maximum Gasteiger partial charge on any atom is 0.312 e. The summed E-state index contributed by atoms with van der Waals surface area (Å²) >= 11 is 0. The molecule has 3 rings (SSSR count).